The van der Waals surface area contributed by atoms with Crippen LogP contribution in [-0.4, -0.2) is 22.7 Å². The minimum atomic E-state index is -0.444. The second-order valence-corrected chi connectivity index (χ2v) is 5.02. The maximum atomic E-state index is 11.8. The first-order chi connectivity index (χ1) is 7.18. The number of Topliss-reactive ketones (excluding diaryl/α,β-unsaturated/α-hetero) is 1. The van der Waals surface area contributed by atoms with Gasteiger partial charge in [-0.15, -0.1) is 0 Å². The Bertz CT molecular complexity index is 282. The van der Waals surface area contributed by atoms with E-state index in [1.807, 2.05) is 0 Å². The summed E-state index contributed by atoms with van der Waals surface area (Å²) in [5.74, 6) is -0.288. The maximum absolute atomic E-state index is 11.8. The lowest BCUT2D eigenvalue weighted by molar-refractivity contribution is -0.153. The molecule has 1 heterocycles. The van der Waals surface area contributed by atoms with E-state index >= 15 is 0 Å². The number of esters is 1. The van der Waals surface area contributed by atoms with Crippen molar-refractivity contribution in [3.8, 4) is 0 Å². The molecule has 84 valence electrons. The summed E-state index contributed by atoms with van der Waals surface area (Å²) in [5.41, 5.74) is -0.444. The fraction of sp³-hybridized carbons (Fsp3) is 0.818. The molecule has 0 aromatic carbocycles. The van der Waals surface area contributed by atoms with Gasteiger partial charge in [-0.1, -0.05) is 22.4 Å². The molecule has 1 atom stereocenters. The van der Waals surface area contributed by atoms with Crippen LogP contribution in [0.5, 0.6) is 0 Å². The van der Waals surface area contributed by atoms with Gasteiger partial charge in [0.1, 0.15) is 5.60 Å². The van der Waals surface area contributed by atoms with Gasteiger partial charge in [0.25, 0.3) is 0 Å². The Morgan fingerprint density at radius 2 is 2.07 bits per heavy atom. The molecule has 0 aromatic heterocycles. The average Bonchev–Trinajstić information content (AvgIpc) is 2.55. The van der Waals surface area contributed by atoms with E-state index in [1.165, 1.54) is 6.42 Å². The van der Waals surface area contributed by atoms with E-state index in [4.69, 9.17) is 4.74 Å². The van der Waals surface area contributed by atoms with Gasteiger partial charge in [-0.05, 0) is 25.7 Å². The smallest absolute Gasteiger partial charge is 0.307 e. The summed E-state index contributed by atoms with van der Waals surface area (Å²) in [6, 6.07) is 0. The van der Waals surface area contributed by atoms with E-state index in [1.54, 1.807) is 0 Å². The molecule has 0 unspecified atom stereocenters. The highest BCUT2D eigenvalue weighted by Gasteiger charge is 2.52. The van der Waals surface area contributed by atoms with Gasteiger partial charge in [-0.25, -0.2) is 0 Å². The van der Waals surface area contributed by atoms with Crippen LogP contribution in [0.25, 0.3) is 0 Å². The summed E-state index contributed by atoms with van der Waals surface area (Å²) in [4.78, 5) is 23.1. The summed E-state index contributed by atoms with van der Waals surface area (Å²) in [7, 11) is 0. The fourth-order valence-corrected chi connectivity index (χ4v) is 3.18. The number of rotatable bonds is 2. The molecule has 0 amide bonds. The number of alkyl halides is 1. The zero-order valence-electron chi connectivity index (χ0n) is 8.63. The molecule has 0 radical (unpaired) electrons. The number of ether oxygens (including phenoxy) is 1. The van der Waals surface area contributed by atoms with Gasteiger partial charge in [0, 0.05) is 0 Å². The lowest BCUT2D eigenvalue weighted by atomic mass is 9.74. The summed E-state index contributed by atoms with van der Waals surface area (Å²) < 4.78 is 5.44. The van der Waals surface area contributed by atoms with E-state index in [0.717, 1.165) is 25.7 Å². The SMILES string of the molecule is O=C1C[C@H](C(=O)CBr)C2(CCCCC2)O1. The van der Waals surface area contributed by atoms with Crippen molar-refractivity contribution in [2.75, 3.05) is 5.33 Å². The number of carbonyl (C=O) groups is 2. The van der Waals surface area contributed by atoms with Crippen LogP contribution in [0.4, 0.5) is 0 Å². The Morgan fingerprint density at radius 1 is 1.40 bits per heavy atom. The molecular weight excluding hydrogens is 260 g/mol. The van der Waals surface area contributed by atoms with Crippen LogP contribution in [0.2, 0.25) is 0 Å². The molecule has 1 saturated heterocycles. The Labute approximate surface area is 97.7 Å². The van der Waals surface area contributed by atoms with Crippen molar-refractivity contribution in [1.29, 1.82) is 0 Å². The molecule has 1 aliphatic carbocycles. The largest absolute Gasteiger partial charge is 0.458 e. The molecule has 0 aromatic rings. The molecule has 1 spiro atoms. The molecule has 4 heteroatoms. The molecule has 2 aliphatic rings. The monoisotopic (exact) mass is 274 g/mol. The van der Waals surface area contributed by atoms with E-state index in [2.05, 4.69) is 15.9 Å². The Hall–Kier alpha value is -0.380. The van der Waals surface area contributed by atoms with Crippen LogP contribution in [0.1, 0.15) is 38.5 Å². The highest BCUT2D eigenvalue weighted by Crippen LogP contribution is 2.44. The lowest BCUT2D eigenvalue weighted by Crippen LogP contribution is -2.41. The highest BCUT2D eigenvalue weighted by atomic mass is 79.9. The van der Waals surface area contributed by atoms with Crippen LogP contribution in [-0.2, 0) is 14.3 Å². The van der Waals surface area contributed by atoms with Crippen LogP contribution < -0.4 is 0 Å². The van der Waals surface area contributed by atoms with Crippen molar-refractivity contribution in [2.45, 2.75) is 44.1 Å². The quantitative estimate of drug-likeness (QED) is 0.573. The van der Waals surface area contributed by atoms with Crippen LogP contribution in [0.3, 0.4) is 0 Å². The summed E-state index contributed by atoms with van der Waals surface area (Å²) in [6.45, 7) is 0. The second kappa shape index (κ2) is 4.24. The molecular formula is C11H15BrO3. The number of halogens is 1. The first kappa shape index (κ1) is 11.1. The minimum Gasteiger partial charge on any atom is -0.458 e. The topological polar surface area (TPSA) is 43.4 Å². The van der Waals surface area contributed by atoms with E-state index in [-0.39, 0.29) is 24.1 Å². The third kappa shape index (κ3) is 1.96. The summed E-state index contributed by atoms with van der Waals surface area (Å²) >= 11 is 3.18. The number of hydrogen-bond donors (Lipinski definition) is 0. The maximum Gasteiger partial charge on any atom is 0.307 e. The van der Waals surface area contributed by atoms with Gasteiger partial charge < -0.3 is 4.74 Å². The van der Waals surface area contributed by atoms with E-state index < -0.39 is 5.60 Å². The van der Waals surface area contributed by atoms with Crippen molar-refractivity contribution in [1.82, 2.24) is 0 Å². The molecule has 15 heavy (non-hydrogen) atoms. The normalized spacial score (nSPS) is 29.1. The number of ketones is 1. The Balaban J connectivity index is 2.19. The third-order valence-corrected chi connectivity index (χ3v) is 4.10. The predicted molar refractivity (Wildman–Crippen MR) is 58.8 cm³/mol. The van der Waals surface area contributed by atoms with Crippen molar-refractivity contribution in [3.63, 3.8) is 0 Å². The molecule has 2 rings (SSSR count). The minimum absolute atomic E-state index is 0.114. The standard InChI is InChI=1S/C11H15BrO3/c12-7-9(13)8-6-10(14)15-11(8)4-2-1-3-5-11/h8H,1-7H2/t8-/m1/s1. The molecule has 3 nitrogen and oxygen atoms in total. The first-order valence-electron chi connectivity index (χ1n) is 5.48. The van der Waals surface area contributed by atoms with E-state index in [0.29, 0.717) is 5.33 Å². The molecule has 0 bridgehead atoms. The van der Waals surface area contributed by atoms with Crippen LogP contribution >= 0.6 is 15.9 Å². The Kier molecular flexibility index (Phi) is 3.14. The van der Waals surface area contributed by atoms with Crippen molar-refractivity contribution in [2.24, 2.45) is 5.92 Å². The average molecular weight is 275 g/mol. The van der Waals surface area contributed by atoms with Crippen molar-refractivity contribution >= 4 is 27.7 Å². The van der Waals surface area contributed by atoms with E-state index in [9.17, 15) is 9.59 Å². The van der Waals surface area contributed by atoms with Gasteiger partial charge in [0.05, 0.1) is 17.7 Å². The van der Waals surface area contributed by atoms with Gasteiger partial charge in [0.15, 0.2) is 5.78 Å². The second-order valence-electron chi connectivity index (χ2n) is 4.46. The zero-order valence-corrected chi connectivity index (χ0v) is 10.2. The van der Waals surface area contributed by atoms with Gasteiger partial charge in [0.2, 0.25) is 0 Å². The molecule has 2 fully saturated rings. The fourth-order valence-electron chi connectivity index (χ4n) is 2.79. The molecule has 1 aliphatic heterocycles. The highest BCUT2D eigenvalue weighted by molar-refractivity contribution is 9.09. The number of carbonyl (C=O) groups excluding carboxylic acids is 2. The zero-order chi connectivity index (χ0) is 10.9. The Morgan fingerprint density at radius 3 is 2.67 bits per heavy atom. The predicted octanol–water partition coefficient (Wildman–Crippen LogP) is 2.22. The van der Waals surface area contributed by atoms with Crippen molar-refractivity contribution < 1.29 is 14.3 Å². The first-order valence-corrected chi connectivity index (χ1v) is 6.61. The summed E-state index contributed by atoms with van der Waals surface area (Å²) in [6.07, 6.45) is 5.34. The van der Waals surface area contributed by atoms with Crippen LogP contribution in [0, 0.1) is 5.92 Å². The van der Waals surface area contributed by atoms with Gasteiger partial charge >= 0.3 is 5.97 Å². The summed E-state index contributed by atoms with van der Waals surface area (Å²) in [5, 5.41) is 0.329. The van der Waals surface area contributed by atoms with Gasteiger partial charge in [-0.3, -0.25) is 9.59 Å². The number of hydrogen-bond acceptors (Lipinski definition) is 3. The van der Waals surface area contributed by atoms with Gasteiger partial charge in [-0.2, -0.15) is 0 Å². The lowest BCUT2D eigenvalue weighted by Gasteiger charge is -2.35. The van der Waals surface area contributed by atoms with Crippen LogP contribution in [0.15, 0.2) is 0 Å². The third-order valence-electron chi connectivity index (χ3n) is 3.54. The van der Waals surface area contributed by atoms with Crippen molar-refractivity contribution in [3.05, 3.63) is 0 Å². The molecule has 0 N–H and O–H groups in total. The molecule has 1 saturated carbocycles.